The highest BCUT2D eigenvalue weighted by molar-refractivity contribution is 4.95. The number of likely N-dealkylation sites (tertiary alicyclic amines) is 1. The highest BCUT2D eigenvalue weighted by Crippen LogP contribution is 2.37. The summed E-state index contributed by atoms with van der Waals surface area (Å²) >= 11 is 0. The monoisotopic (exact) mass is 265 g/mol. The third kappa shape index (κ3) is 2.98. The fraction of sp³-hybridized carbons (Fsp3) is 1.00. The predicted octanol–water partition coefficient (Wildman–Crippen LogP) is 1.93. The van der Waals surface area contributed by atoms with Crippen molar-refractivity contribution in [2.45, 2.75) is 57.5 Å². The molecule has 1 aliphatic carbocycles. The van der Waals surface area contributed by atoms with E-state index < -0.39 is 0 Å². The first-order valence-corrected chi connectivity index (χ1v) is 8.37. The van der Waals surface area contributed by atoms with Gasteiger partial charge in [0.05, 0.1) is 0 Å². The smallest absolute Gasteiger partial charge is 0.0281 e. The highest BCUT2D eigenvalue weighted by atomic mass is 15.3. The van der Waals surface area contributed by atoms with E-state index in [1.807, 2.05) is 0 Å². The maximum Gasteiger partial charge on any atom is 0.0281 e. The Balaban J connectivity index is 1.60. The quantitative estimate of drug-likeness (QED) is 0.841. The molecule has 3 rings (SSSR count). The largest absolute Gasteiger partial charge is 0.314 e. The third-order valence-electron chi connectivity index (χ3n) is 5.69. The summed E-state index contributed by atoms with van der Waals surface area (Å²) in [6, 6.07) is 0.913. The van der Waals surface area contributed by atoms with Crippen LogP contribution in [0.4, 0.5) is 0 Å². The van der Waals surface area contributed by atoms with Crippen molar-refractivity contribution in [2.24, 2.45) is 5.92 Å². The van der Waals surface area contributed by atoms with Crippen LogP contribution in [0.2, 0.25) is 0 Å². The molecule has 1 N–H and O–H groups in total. The summed E-state index contributed by atoms with van der Waals surface area (Å²) in [5.41, 5.74) is 0.342. The van der Waals surface area contributed by atoms with Gasteiger partial charge in [-0.2, -0.15) is 0 Å². The molecule has 2 aliphatic heterocycles. The molecule has 0 radical (unpaired) electrons. The van der Waals surface area contributed by atoms with Crippen molar-refractivity contribution in [2.75, 3.05) is 39.3 Å². The molecule has 0 spiro atoms. The number of nitrogens with zero attached hydrogens (tertiary/aromatic N) is 2. The van der Waals surface area contributed by atoms with Gasteiger partial charge in [0, 0.05) is 44.3 Å². The Morgan fingerprint density at radius 3 is 2.53 bits per heavy atom. The molecule has 3 heteroatoms. The van der Waals surface area contributed by atoms with Crippen LogP contribution in [0.25, 0.3) is 0 Å². The molecule has 0 aromatic rings. The minimum Gasteiger partial charge on any atom is -0.314 e. The van der Waals surface area contributed by atoms with Gasteiger partial charge in [-0.3, -0.25) is 9.80 Å². The van der Waals surface area contributed by atoms with Gasteiger partial charge >= 0.3 is 0 Å². The Kier molecular flexibility index (Phi) is 4.16. The SMILES string of the molecule is CC(C)(CN1CCC2CCCCC21)N1CCNCC1. The van der Waals surface area contributed by atoms with Crippen LogP contribution in [0, 0.1) is 5.92 Å². The summed E-state index contributed by atoms with van der Waals surface area (Å²) in [5.74, 6) is 1.02. The molecule has 19 heavy (non-hydrogen) atoms. The van der Waals surface area contributed by atoms with Crippen LogP contribution < -0.4 is 5.32 Å². The van der Waals surface area contributed by atoms with Gasteiger partial charge in [0.25, 0.3) is 0 Å². The number of hydrogen-bond donors (Lipinski definition) is 1. The van der Waals surface area contributed by atoms with Crippen molar-refractivity contribution in [3.63, 3.8) is 0 Å². The van der Waals surface area contributed by atoms with E-state index in [4.69, 9.17) is 0 Å². The van der Waals surface area contributed by atoms with E-state index >= 15 is 0 Å². The number of piperazine rings is 1. The summed E-state index contributed by atoms with van der Waals surface area (Å²) in [6.07, 6.45) is 7.36. The molecule has 0 bridgehead atoms. The molecule has 2 atom stereocenters. The van der Waals surface area contributed by atoms with Gasteiger partial charge in [-0.05, 0) is 45.6 Å². The fourth-order valence-electron chi connectivity index (χ4n) is 4.57. The van der Waals surface area contributed by atoms with E-state index in [1.165, 1.54) is 58.3 Å². The summed E-state index contributed by atoms with van der Waals surface area (Å²) in [6.45, 7) is 12.3. The van der Waals surface area contributed by atoms with Crippen LogP contribution in [-0.4, -0.2) is 60.6 Å². The highest BCUT2D eigenvalue weighted by Gasteiger charge is 2.39. The maximum atomic E-state index is 3.47. The first kappa shape index (κ1) is 13.8. The molecule has 1 saturated carbocycles. The molecule has 3 nitrogen and oxygen atoms in total. The van der Waals surface area contributed by atoms with E-state index in [-0.39, 0.29) is 0 Å². The molecule has 0 aromatic heterocycles. The van der Waals surface area contributed by atoms with Gasteiger partial charge in [0.1, 0.15) is 0 Å². The molecule has 0 amide bonds. The lowest BCUT2D eigenvalue weighted by Crippen LogP contribution is -2.58. The average molecular weight is 265 g/mol. The molecule has 3 aliphatic rings. The van der Waals surface area contributed by atoms with E-state index in [2.05, 4.69) is 29.0 Å². The fourth-order valence-corrected chi connectivity index (χ4v) is 4.57. The summed E-state index contributed by atoms with van der Waals surface area (Å²) in [5, 5.41) is 3.47. The Morgan fingerprint density at radius 1 is 1.00 bits per heavy atom. The van der Waals surface area contributed by atoms with Crippen molar-refractivity contribution in [1.82, 2.24) is 15.1 Å². The van der Waals surface area contributed by atoms with Crippen molar-refractivity contribution >= 4 is 0 Å². The molecule has 2 saturated heterocycles. The van der Waals surface area contributed by atoms with E-state index in [9.17, 15) is 0 Å². The molecular weight excluding hydrogens is 234 g/mol. The Bertz CT molecular complexity index is 296. The lowest BCUT2D eigenvalue weighted by atomic mass is 9.85. The normalized spacial score (nSPS) is 34.4. The van der Waals surface area contributed by atoms with Crippen LogP contribution in [-0.2, 0) is 0 Å². The average Bonchev–Trinajstić information content (AvgIpc) is 2.83. The second-order valence-corrected chi connectivity index (χ2v) is 7.42. The van der Waals surface area contributed by atoms with Crippen molar-refractivity contribution in [1.29, 1.82) is 0 Å². The minimum atomic E-state index is 0.342. The van der Waals surface area contributed by atoms with Gasteiger partial charge in [0.2, 0.25) is 0 Å². The van der Waals surface area contributed by atoms with Crippen LogP contribution in [0.3, 0.4) is 0 Å². The van der Waals surface area contributed by atoms with Crippen molar-refractivity contribution < 1.29 is 0 Å². The number of nitrogens with one attached hydrogen (secondary N) is 1. The number of fused-ring (bicyclic) bond motifs is 1. The molecular formula is C16H31N3. The first-order chi connectivity index (χ1) is 9.17. The predicted molar refractivity (Wildman–Crippen MR) is 80.5 cm³/mol. The number of rotatable bonds is 3. The zero-order valence-corrected chi connectivity index (χ0v) is 12.8. The first-order valence-electron chi connectivity index (χ1n) is 8.37. The van der Waals surface area contributed by atoms with Gasteiger partial charge in [0.15, 0.2) is 0 Å². The molecule has 2 heterocycles. The van der Waals surface area contributed by atoms with Crippen LogP contribution in [0.15, 0.2) is 0 Å². The van der Waals surface area contributed by atoms with Gasteiger partial charge < -0.3 is 5.32 Å². The molecule has 2 unspecified atom stereocenters. The van der Waals surface area contributed by atoms with Gasteiger partial charge in [-0.15, -0.1) is 0 Å². The topological polar surface area (TPSA) is 18.5 Å². The van der Waals surface area contributed by atoms with Crippen molar-refractivity contribution in [3.8, 4) is 0 Å². The van der Waals surface area contributed by atoms with E-state index in [1.54, 1.807) is 0 Å². The lowest BCUT2D eigenvalue weighted by Gasteiger charge is -2.45. The van der Waals surface area contributed by atoms with E-state index in [0.29, 0.717) is 5.54 Å². The van der Waals surface area contributed by atoms with Crippen LogP contribution in [0.5, 0.6) is 0 Å². The van der Waals surface area contributed by atoms with E-state index in [0.717, 1.165) is 25.0 Å². The summed E-state index contributed by atoms with van der Waals surface area (Å²) < 4.78 is 0. The number of hydrogen-bond acceptors (Lipinski definition) is 3. The van der Waals surface area contributed by atoms with Gasteiger partial charge in [-0.25, -0.2) is 0 Å². The third-order valence-corrected chi connectivity index (χ3v) is 5.69. The summed E-state index contributed by atoms with van der Waals surface area (Å²) in [7, 11) is 0. The Hall–Kier alpha value is -0.120. The minimum absolute atomic E-state index is 0.342. The van der Waals surface area contributed by atoms with Gasteiger partial charge in [-0.1, -0.05) is 12.8 Å². The zero-order valence-electron chi connectivity index (χ0n) is 12.8. The molecule has 0 aromatic carbocycles. The molecule has 110 valence electrons. The maximum absolute atomic E-state index is 3.47. The summed E-state index contributed by atoms with van der Waals surface area (Å²) in [4.78, 5) is 5.52. The Labute approximate surface area is 118 Å². The Morgan fingerprint density at radius 2 is 1.74 bits per heavy atom. The standard InChI is InChI=1S/C16H31N3/c1-16(2,19-11-8-17-9-12-19)13-18-10-7-14-5-3-4-6-15(14)18/h14-15,17H,3-13H2,1-2H3. The molecule has 3 fully saturated rings. The zero-order chi connectivity index (χ0) is 13.3. The van der Waals surface area contributed by atoms with Crippen LogP contribution in [0.1, 0.15) is 46.0 Å². The lowest BCUT2D eigenvalue weighted by molar-refractivity contribution is 0.0498. The second-order valence-electron chi connectivity index (χ2n) is 7.42. The second kappa shape index (κ2) is 5.71. The van der Waals surface area contributed by atoms with Crippen molar-refractivity contribution in [3.05, 3.63) is 0 Å². The van der Waals surface area contributed by atoms with Crippen LogP contribution >= 0.6 is 0 Å².